The molecule has 0 aliphatic rings. The Morgan fingerprint density at radius 2 is 2.00 bits per heavy atom. The van der Waals surface area contributed by atoms with Gasteiger partial charge in [-0.1, -0.05) is 13.8 Å². The number of ketones is 1. The van der Waals surface area contributed by atoms with Crippen LogP contribution in [0.1, 0.15) is 29.1 Å². The van der Waals surface area contributed by atoms with Gasteiger partial charge in [0.05, 0.1) is 4.88 Å². The lowest BCUT2D eigenvalue weighted by Gasteiger charge is -2.03. The van der Waals surface area contributed by atoms with Crippen LogP contribution in [0.2, 0.25) is 0 Å². The average Bonchev–Trinajstić information content (AvgIpc) is 2.44. The number of hydrogen-bond donors (Lipinski definition) is 0. The molecule has 0 atom stereocenters. The molecule has 0 saturated carbocycles. The predicted molar refractivity (Wildman–Crippen MR) is 61.3 cm³/mol. The highest BCUT2D eigenvalue weighted by molar-refractivity contribution is 8.14. The second kappa shape index (κ2) is 4.23. The highest BCUT2D eigenvalue weighted by Crippen LogP contribution is 2.31. The van der Waals surface area contributed by atoms with Crippen LogP contribution in [0.15, 0.2) is 10.3 Å². The van der Waals surface area contributed by atoms with Crippen molar-refractivity contribution in [2.75, 3.05) is 0 Å². The molecular weight excluding hydrogens is 256 g/mol. The van der Waals surface area contributed by atoms with Gasteiger partial charge < -0.3 is 0 Å². The summed E-state index contributed by atoms with van der Waals surface area (Å²) < 4.78 is 22.6. The van der Waals surface area contributed by atoms with Gasteiger partial charge >= 0.3 is 0 Å². The summed E-state index contributed by atoms with van der Waals surface area (Å²) in [5.74, 6) is -0.424. The van der Waals surface area contributed by atoms with Crippen LogP contribution >= 0.6 is 22.0 Å². The minimum absolute atomic E-state index is 0.0344. The van der Waals surface area contributed by atoms with Crippen LogP contribution in [0.25, 0.3) is 0 Å². The lowest BCUT2D eigenvalue weighted by atomic mass is 10.1. The Morgan fingerprint density at radius 1 is 1.47 bits per heavy atom. The summed E-state index contributed by atoms with van der Waals surface area (Å²) >= 11 is 1.13. The third-order valence-electron chi connectivity index (χ3n) is 1.91. The van der Waals surface area contributed by atoms with E-state index >= 15 is 0 Å². The largest absolute Gasteiger partial charge is 0.293 e. The van der Waals surface area contributed by atoms with Crippen LogP contribution in [0, 0.1) is 12.8 Å². The minimum atomic E-state index is -3.84. The molecule has 0 aromatic carbocycles. The Balaban J connectivity index is 3.40. The molecule has 0 amide bonds. The first-order chi connectivity index (χ1) is 6.75. The fraction of sp³-hybridized carbons (Fsp3) is 0.444. The maximum Gasteiger partial charge on any atom is 0.263 e. The lowest BCUT2D eigenvalue weighted by Crippen LogP contribution is -2.09. The summed E-state index contributed by atoms with van der Waals surface area (Å²) in [4.78, 5) is 11.9. The van der Waals surface area contributed by atoms with E-state index in [9.17, 15) is 13.2 Å². The molecule has 0 spiro atoms. The van der Waals surface area contributed by atoms with Crippen molar-refractivity contribution < 1.29 is 13.2 Å². The molecule has 0 aliphatic carbocycles. The Hall–Kier alpha value is -0.390. The highest BCUT2D eigenvalue weighted by Gasteiger charge is 2.26. The van der Waals surface area contributed by atoms with Crippen molar-refractivity contribution in [2.45, 2.75) is 25.7 Å². The van der Waals surface area contributed by atoms with E-state index in [-0.39, 0.29) is 21.5 Å². The number of carbonyl (C=O) groups excluding carboxylic acids is 1. The van der Waals surface area contributed by atoms with Crippen LogP contribution in [-0.2, 0) is 9.05 Å². The van der Waals surface area contributed by atoms with Crippen LogP contribution in [0.5, 0.6) is 0 Å². The molecule has 0 saturated heterocycles. The van der Waals surface area contributed by atoms with Crippen molar-refractivity contribution in [3.05, 3.63) is 15.8 Å². The zero-order valence-electron chi connectivity index (χ0n) is 8.57. The SMILES string of the molecule is Cc1csc(C(=O)C(C)C)c1S(=O)(=O)Cl. The van der Waals surface area contributed by atoms with Crippen molar-refractivity contribution in [3.8, 4) is 0 Å². The van der Waals surface area contributed by atoms with E-state index in [1.807, 2.05) is 0 Å². The topological polar surface area (TPSA) is 51.2 Å². The molecule has 0 aliphatic heterocycles. The Morgan fingerprint density at radius 3 is 2.40 bits per heavy atom. The predicted octanol–water partition coefficient (Wildman–Crippen LogP) is 2.82. The summed E-state index contributed by atoms with van der Waals surface area (Å²) in [7, 11) is 1.45. The van der Waals surface area contributed by atoms with Gasteiger partial charge in [0.25, 0.3) is 9.05 Å². The number of thiophene rings is 1. The van der Waals surface area contributed by atoms with Crippen molar-refractivity contribution in [1.29, 1.82) is 0 Å². The molecule has 1 aromatic rings. The van der Waals surface area contributed by atoms with Crippen molar-refractivity contribution >= 4 is 36.9 Å². The first-order valence-electron chi connectivity index (χ1n) is 4.32. The molecule has 1 aromatic heterocycles. The first-order valence-corrected chi connectivity index (χ1v) is 7.51. The third kappa shape index (κ3) is 2.59. The van der Waals surface area contributed by atoms with E-state index in [1.54, 1.807) is 26.2 Å². The van der Waals surface area contributed by atoms with Gasteiger partial charge in [0, 0.05) is 16.6 Å². The Labute approximate surface area is 97.5 Å². The van der Waals surface area contributed by atoms with E-state index in [0.717, 1.165) is 11.3 Å². The lowest BCUT2D eigenvalue weighted by molar-refractivity contribution is 0.0940. The van der Waals surface area contributed by atoms with Gasteiger partial charge in [-0.25, -0.2) is 8.42 Å². The van der Waals surface area contributed by atoms with Gasteiger partial charge in [0.1, 0.15) is 4.90 Å². The number of hydrogen-bond acceptors (Lipinski definition) is 4. The van der Waals surface area contributed by atoms with Gasteiger partial charge in [-0.2, -0.15) is 0 Å². The smallest absolute Gasteiger partial charge is 0.263 e. The van der Waals surface area contributed by atoms with Crippen LogP contribution < -0.4 is 0 Å². The molecule has 1 heterocycles. The molecule has 1 rings (SSSR count). The second-order valence-electron chi connectivity index (χ2n) is 3.53. The second-order valence-corrected chi connectivity index (χ2v) is 6.92. The summed E-state index contributed by atoms with van der Waals surface area (Å²) in [6.45, 7) is 5.08. The molecule has 0 radical (unpaired) electrons. The molecule has 0 fully saturated rings. The maximum absolute atomic E-state index is 11.7. The van der Waals surface area contributed by atoms with Gasteiger partial charge in [-0.05, 0) is 17.9 Å². The molecule has 0 unspecified atom stereocenters. The summed E-state index contributed by atoms with van der Waals surface area (Å²) in [5.41, 5.74) is 0.527. The van der Waals surface area contributed by atoms with E-state index in [4.69, 9.17) is 10.7 Å². The number of rotatable bonds is 3. The molecule has 0 N–H and O–H groups in total. The maximum atomic E-state index is 11.7. The Kier molecular flexibility index (Phi) is 3.58. The summed E-state index contributed by atoms with van der Waals surface area (Å²) in [6.07, 6.45) is 0. The number of halogens is 1. The van der Waals surface area contributed by atoms with E-state index in [1.165, 1.54) is 0 Å². The Bertz CT molecular complexity index is 485. The third-order valence-corrected chi connectivity index (χ3v) is 4.63. The molecule has 15 heavy (non-hydrogen) atoms. The van der Waals surface area contributed by atoms with Gasteiger partial charge in [-0.3, -0.25) is 4.79 Å². The van der Waals surface area contributed by atoms with Gasteiger partial charge in [0.2, 0.25) is 0 Å². The minimum Gasteiger partial charge on any atom is -0.293 e. The first kappa shape index (κ1) is 12.7. The van der Waals surface area contributed by atoms with Crippen LogP contribution in [0.3, 0.4) is 0 Å². The fourth-order valence-electron chi connectivity index (χ4n) is 1.17. The number of Topliss-reactive ketones (excluding diaryl/α,β-unsaturated/α-hetero) is 1. The zero-order chi connectivity index (χ0) is 11.8. The molecule has 0 bridgehead atoms. The summed E-state index contributed by atoms with van der Waals surface area (Å²) in [6, 6.07) is 0. The molecular formula is C9H11ClO3S2. The van der Waals surface area contributed by atoms with E-state index < -0.39 is 9.05 Å². The monoisotopic (exact) mass is 266 g/mol. The van der Waals surface area contributed by atoms with Crippen molar-refractivity contribution in [1.82, 2.24) is 0 Å². The number of aryl methyl sites for hydroxylation is 1. The molecule has 6 heteroatoms. The van der Waals surface area contributed by atoms with Gasteiger partial charge in [0.15, 0.2) is 5.78 Å². The zero-order valence-corrected chi connectivity index (χ0v) is 11.0. The number of carbonyl (C=O) groups is 1. The summed E-state index contributed by atoms with van der Waals surface area (Å²) in [5, 5.41) is 1.63. The van der Waals surface area contributed by atoms with Crippen LogP contribution in [0.4, 0.5) is 0 Å². The van der Waals surface area contributed by atoms with Crippen molar-refractivity contribution in [2.24, 2.45) is 5.92 Å². The quantitative estimate of drug-likeness (QED) is 0.624. The van der Waals surface area contributed by atoms with Crippen LogP contribution in [-0.4, -0.2) is 14.2 Å². The molecule has 84 valence electrons. The van der Waals surface area contributed by atoms with E-state index in [2.05, 4.69) is 0 Å². The normalized spacial score (nSPS) is 12.1. The average molecular weight is 267 g/mol. The standard InChI is InChI=1S/C9H11ClO3S2/c1-5(2)7(11)8-9(15(10,12)13)6(3)4-14-8/h4-5H,1-3H3. The van der Waals surface area contributed by atoms with Gasteiger partial charge in [-0.15, -0.1) is 11.3 Å². The molecule has 3 nitrogen and oxygen atoms in total. The van der Waals surface area contributed by atoms with E-state index in [0.29, 0.717) is 5.56 Å². The van der Waals surface area contributed by atoms with Crippen molar-refractivity contribution in [3.63, 3.8) is 0 Å². The fourth-order valence-corrected chi connectivity index (χ4v) is 4.25. The highest BCUT2D eigenvalue weighted by atomic mass is 35.7.